The molecule has 2 atom stereocenters. The number of hydrogen-bond donors (Lipinski definition) is 1. The molecule has 0 bridgehead atoms. The maximum Gasteiger partial charge on any atom is 0.540 e. The lowest BCUT2D eigenvalue weighted by molar-refractivity contribution is -0.505. The Balaban J connectivity index is 4.18. The first-order chi connectivity index (χ1) is 8.65. The lowest BCUT2D eigenvalue weighted by Gasteiger charge is -2.24. The van der Waals surface area contributed by atoms with Gasteiger partial charge < -0.3 is 5.11 Å². The van der Waals surface area contributed by atoms with E-state index in [0.717, 1.165) is 44.9 Å². The van der Waals surface area contributed by atoms with Crippen LogP contribution in [0.3, 0.4) is 0 Å². The molecule has 5 nitrogen and oxygen atoms in total. The Morgan fingerprint density at radius 1 is 1.11 bits per heavy atom. The van der Waals surface area contributed by atoms with Gasteiger partial charge in [-0.15, -0.1) is 0 Å². The predicted octanol–water partition coefficient (Wildman–Crippen LogP) is 4.32. The quantitative estimate of drug-likeness (QED) is 0.443. The van der Waals surface area contributed by atoms with Crippen LogP contribution in [-0.2, 0) is 14.8 Å². The van der Waals surface area contributed by atoms with E-state index >= 15 is 0 Å². The first-order valence-corrected chi connectivity index (χ1v) is 6.88. The summed E-state index contributed by atoms with van der Waals surface area (Å²) in [7, 11) is 0. The second-order valence-corrected chi connectivity index (χ2v) is 4.50. The molecule has 0 saturated carbocycles. The molecule has 0 aromatic heterocycles. The highest BCUT2D eigenvalue weighted by Crippen LogP contribution is 2.23. The average Bonchev–Trinajstić information content (AvgIpc) is 2.35. The average molecular weight is 262 g/mol. The van der Waals surface area contributed by atoms with Gasteiger partial charge in [-0.3, -0.25) is 0 Å². The molecule has 0 fully saturated rings. The molecular formula is C13H26O5. The van der Waals surface area contributed by atoms with E-state index < -0.39 is 6.16 Å². The lowest BCUT2D eigenvalue weighted by atomic mass is 9.90. The SMILES string of the molecule is CCCCC(CC)C(CCCC)OOOC(=O)O. The highest BCUT2D eigenvalue weighted by molar-refractivity contribution is 5.55. The number of carboxylic acid groups (broad SMARTS) is 1. The van der Waals surface area contributed by atoms with Gasteiger partial charge in [0.1, 0.15) is 0 Å². The molecule has 0 rings (SSSR count). The zero-order valence-corrected chi connectivity index (χ0v) is 11.7. The van der Waals surface area contributed by atoms with Crippen molar-refractivity contribution in [2.24, 2.45) is 5.92 Å². The van der Waals surface area contributed by atoms with Crippen LogP contribution in [0.2, 0.25) is 0 Å². The molecule has 0 aromatic rings. The van der Waals surface area contributed by atoms with E-state index in [9.17, 15) is 4.79 Å². The second-order valence-electron chi connectivity index (χ2n) is 4.50. The minimum Gasteiger partial charge on any atom is -0.448 e. The van der Waals surface area contributed by atoms with E-state index in [1.807, 2.05) is 0 Å². The fourth-order valence-corrected chi connectivity index (χ4v) is 1.99. The summed E-state index contributed by atoms with van der Waals surface area (Å²) in [4.78, 5) is 19.2. The maximum absolute atomic E-state index is 10.2. The number of carbonyl (C=O) groups is 1. The van der Waals surface area contributed by atoms with Gasteiger partial charge in [-0.25, -0.2) is 9.68 Å². The smallest absolute Gasteiger partial charge is 0.448 e. The maximum atomic E-state index is 10.2. The summed E-state index contributed by atoms with van der Waals surface area (Å²) in [5, 5.41) is 12.6. The van der Waals surface area contributed by atoms with Crippen LogP contribution in [0, 0.1) is 5.92 Å². The summed E-state index contributed by atoms with van der Waals surface area (Å²) in [6.07, 6.45) is 5.72. The van der Waals surface area contributed by atoms with E-state index in [-0.39, 0.29) is 6.10 Å². The fraction of sp³-hybridized carbons (Fsp3) is 0.923. The third-order valence-electron chi connectivity index (χ3n) is 3.09. The van der Waals surface area contributed by atoms with Crippen LogP contribution in [-0.4, -0.2) is 17.4 Å². The zero-order valence-electron chi connectivity index (χ0n) is 11.7. The van der Waals surface area contributed by atoms with Gasteiger partial charge in [0.2, 0.25) is 0 Å². The predicted molar refractivity (Wildman–Crippen MR) is 67.9 cm³/mol. The van der Waals surface area contributed by atoms with Gasteiger partial charge in [0.05, 0.1) is 6.10 Å². The van der Waals surface area contributed by atoms with Crippen LogP contribution in [0.1, 0.15) is 65.7 Å². The van der Waals surface area contributed by atoms with Crippen molar-refractivity contribution in [3.05, 3.63) is 0 Å². The molecule has 0 aliphatic rings. The summed E-state index contributed by atoms with van der Waals surface area (Å²) in [5.74, 6) is 0.383. The molecule has 0 aliphatic heterocycles. The van der Waals surface area contributed by atoms with Crippen molar-refractivity contribution in [1.29, 1.82) is 0 Å². The van der Waals surface area contributed by atoms with Crippen molar-refractivity contribution in [1.82, 2.24) is 0 Å². The van der Waals surface area contributed by atoms with Crippen LogP contribution < -0.4 is 0 Å². The number of hydrogen-bond acceptors (Lipinski definition) is 4. The van der Waals surface area contributed by atoms with Gasteiger partial charge in [0.25, 0.3) is 0 Å². The Bertz CT molecular complexity index is 208. The van der Waals surface area contributed by atoms with Crippen molar-refractivity contribution < 1.29 is 24.7 Å². The highest BCUT2D eigenvalue weighted by atomic mass is 17.5. The van der Waals surface area contributed by atoms with Crippen molar-refractivity contribution in [2.45, 2.75) is 71.8 Å². The molecule has 5 heteroatoms. The third-order valence-corrected chi connectivity index (χ3v) is 3.09. The molecular weight excluding hydrogens is 236 g/mol. The van der Waals surface area contributed by atoms with E-state index in [2.05, 4.69) is 30.7 Å². The molecule has 0 aliphatic carbocycles. The van der Waals surface area contributed by atoms with E-state index in [1.54, 1.807) is 0 Å². The third kappa shape index (κ3) is 8.31. The Kier molecular flexibility index (Phi) is 10.8. The van der Waals surface area contributed by atoms with Crippen molar-refractivity contribution in [3.63, 3.8) is 0 Å². The normalized spacial score (nSPS) is 14.2. The first-order valence-electron chi connectivity index (χ1n) is 6.88. The van der Waals surface area contributed by atoms with Gasteiger partial charge >= 0.3 is 6.16 Å². The summed E-state index contributed by atoms with van der Waals surface area (Å²) < 4.78 is 0. The molecule has 0 heterocycles. The van der Waals surface area contributed by atoms with Crippen LogP contribution in [0.25, 0.3) is 0 Å². The van der Waals surface area contributed by atoms with Crippen LogP contribution in [0.5, 0.6) is 0 Å². The monoisotopic (exact) mass is 262 g/mol. The molecule has 108 valence electrons. The fourth-order valence-electron chi connectivity index (χ4n) is 1.99. The van der Waals surface area contributed by atoms with Gasteiger partial charge in [-0.05, 0) is 23.8 Å². The minimum atomic E-state index is -1.49. The Morgan fingerprint density at radius 2 is 1.72 bits per heavy atom. The first kappa shape index (κ1) is 17.2. The molecule has 18 heavy (non-hydrogen) atoms. The van der Waals surface area contributed by atoms with Crippen LogP contribution in [0.15, 0.2) is 0 Å². The molecule has 2 unspecified atom stereocenters. The van der Waals surface area contributed by atoms with Gasteiger partial charge in [-0.2, -0.15) is 4.89 Å². The molecule has 0 aromatic carbocycles. The summed E-state index contributed by atoms with van der Waals surface area (Å²) in [6, 6.07) is 0. The lowest BCUT2D eigenvalue weighted by Crippen LogP contribution is -2.24. The second kappa shape index (κ2) is 11.3. The summed E-state index contributed by atoms with van der Waals surface area (Å²) in [6.45, 7) is 6.37. The highest BCUT2D eigenvalue weighted by Gasteiger charge is 2.22. The van der Waals surface area contributed by atoms with Crippen LogP contribution >= 0.6 is 0 Å². The van der Waals surface area contributed by atoms with Gasteiger partial charge in [0.15, 0.2) is 0 Å². The Labute approximate surface area is 109 Å². The van der Waals surface area contributed by atoms with E-state index in [0.29, 0.717) is 5.92 Å². The standard InChI is InChI=1S/C13H26O5/c1-4-7-9-11(6-3)12(10-8-5-2)16-18-17-13(14)15/h11-12H,4-10H2,1-3H3,(H,14,15). The van der Waals surface area contributed by atoms with E-state index in [4.69, 9.17) is 9.99 Å². The minimum absolute atomic E-state index is 0.0964. The summed E-state index contributed by atoms with van der Waals surface area (Å²) in [5.41, 5.74) is 0. The van der Waals surface area contributed by atoms with Crippen molar-refractivity contribution in [3.8, 4) is 0 Å². The molecule has 0 amide bonds. The zero-order chi connectivity index (χ0) is 13.8. The van der Waals surface area contributed by atoms with Gasteiger partial charge in [-0.1, -0.05) is 52.9 Å². The number of unbranched alkanes of at least 4 members (excludes halogenated alkanes) is 2. The van der Waals surface area contributed by atoms with Crippen LogP contribution in [0.4, 0.5) is 4.79 Å². The topological polar surface area (TPSA) is 65.0 Å². The Morgan fingerprint density at radius 3 is 2.22 bits per heavy atom. The molecule has 0 spiro atoms. The summed E-state index contributed by atoms with van der Waals surface area (Å²) >= 11 is 0. The van der Waals surface area contributed by atoms with E-state index in [1.165, 1.54) is 0 Å². The van der Waals surface area contributed by atoms with Gasteiger partial charge in [0, 0.05) is 0 Å². The molecule has 0 radical (unpaired) electrons. The molecule has 0 saturated heterocycles. The number of rotatable bonds is 11. The Hall–Kier alpha value is -0.810. The molecule has 1 N–H and O–H groups in total. The largest absolute Gasteiger partial charge is 0.540 e. The van der Waals surface area contributed by atoms with Crippen molar-refractivity contribution >= 4 is 6.16 Å². The van der Waals surface area contributed by atoms with Crippen molar-refractivity contribution in [2.75, 3.05) is 0 Å².